The molecule has 1 aliphatic heterocycles. The normalized spacial score (nSPS) is 15.3. The maximum absolute atomic E-state index is 13.2. The smallest absolute Gasteiger partial charge is 0.464 e. The molecule has 3 aromatic rings. The maximum Gasteiger partial charge on any atom is 0.573 e. The van der Waals surface area contributed by atoms with E-state index in [0.29, 0.717) is 18.0 Å². The summed E-state index contributed by atoms with van der Waals surface area (Å²) in [6.45, 7) is 6.10. The minimum Gasteiger partial charge on any atom is -0.464 e. The molecule has 1 atom stereocenters. The van der Waals surface area contributed by atoms with Crippen molar-refractivity contribution < 1.29 is 41.7 Å². The number of amides is 1. The molecule has 232 valence electrons. The third kappa shape index (κ3) is 8.69. The molecule has 0 saturated carbocycles. The summed E-state index contributed by atoms with van der Waals surface area (Å²) in [5.41, 5.74) is 0.133. The molecule has 0 aliphatic carbocycles. The molecule has 0 spiro atoms. The van der Waals surface area contributed by atoms with E-state index in [1.165, 1.54) is 23.8 Å². The van der Waals surface area contributed by atoms with Crippen LogP contribution in [0.2, 0.25) is 5.02 Å². The van der Waals surface area contributed by atoms with E-state index in [0.717, 1.165) is 24.1 Å². The fourth-order valence-electron chi connectivity index (χ4n) is 4.60. The van der Waals surface area contributed by atoms with Gasteiger partial charge in [-0.3, -0.25) is 4.57 Å². The molecule has 4 rings (SSSR count). The molecule has 2 aromatic carbocycles. The highest BCUT2D eigenvalue weighted by atomic mass is 35.5. The summed E-state index contributed by atoms with van der Waals surface area (Å²) in [5, 5.41) is 3.28. The van der Waals surface area contributed by atoms with E-state index in [1.54, 1.807) is 45.0 Å². The van der Waals surface area contributed by atoms with Crippen molar-refractivity contribution in [3.63, 3.8) is 0 Å². The van der Waals surface area contributed by atoms with Crippen LogP contribution in [0.25, 0.3) is 0 Å². The monoisotopic (exact) mass is 624 g/mol. The van der Waals surface area contributed by atoms with Gasteiger partial charge in [0.15, 0.2) is 11.5 Å². The van der Waals surface area contributed by atoms with E-state index in [2.05, 4.69) is 15.0 Å². The van der Waals surface area contributed by atoms with Gasteiger partial charge in [-0.1, -0.05) is 29.8 Å². The summed E-state index contributed by atoms with van der Waals surface area (Å²) < 4.78 is 60.5. The van der Waals surface area contributed by atoms with Crippen molar-refractivity contribution >= 4 is 29.5 Å². The Balaban J connectivity index is 1.73. The highest BCUT2D eigenvalue weighted by Gasteiger charge is 2.35. The quantitative estimate of drug-likeness (QED) is 0.267. The van der Waals surface area contributed by atoms with Gasteiger partial charge in [-0.2, -0.15) is 4.98 Å². The van der Waals surface area contributed by atoms with Gasteiger partial charge in [-0.05, 0) is 63.4 Å². The summed E-state index contributed by atoms with van der Waals surface area (Å²) in [5.74, 6) is -0.947. The van der Waals surface area contributed by atoms with Crippen LogP contribution in [-0.4, -0.2) is 59.8 Å². The molecule has 1 N–H and O–H groups in total. The number of esters is 1. The number of methoxy groups -OCH3 is 1. The number of aromatic nitrogens is 2. The number of carbonyl (C=O) groups excluding carboxylic acids is 2. The lowest BCUT2D eigenvalue weighted by molar-refractivity contribution is -0.274. The Hall–Kier alpha value is -4.13. The number of anilines is 1. The number of alkyl carbamates (subject to hydrolysis) is 1. The Kier molecular flexibility index (Phi) is 9.63. The van der Waals surface area contributed by atoms with Crippen molar-refractivity contribution in [2.75, 3.05) is 25.1 Å². The lowest BCUT2D eigenvalue weighted by atomic mass is 10.2. The zero-order valence-corrected chi connectivity index (χ0v) is 24.8. The van der Waals surface area contributed by atoms with E-state index < -0.39 is 29.8 Å². The summed E-state index contributed by atoms with van der Waals surface area (Å²) in [6, 6.07) is 11.5. The molecule has 1 amide bonds. The van der Waals surface area contributed by atoms with Crippen LogP contribution < -0.4 is 19.7 Å². The fourth-order valence-corrected chi connectivity index (χ4v) is 4.72. The maximum atomic E-state index is 13.2. The van der Waals surface area contributed by atoms with E-state index in [4.69, 9.17) is 25.8 Å². The number of hydrogen-bond acceptors (Lipinski definition) is 8. The number of hydrogen-bond donors (Lipinski definition) is 1. The number of halogens is 4. The van der Waals surface area contributed by atoms with Gasteiger partial charge < -0.3 is 29.2 Å². The second kappa shape index (κ2) is 13.0. The molecular formula is C29H32ClF3N4O6. The Morgan fingerprint density at radius 3 is 2.44 bits per heavy atom. The van der Waals surface area contributed by atoms with Crippen molar-refractivity contribution in [1.82, 2.24) is 14.9 Å². The number of ether oxygens (including phenoxy) is 4. The second-order valence-corrected chi connectivity index (χ2v) is 11.2. The summed E-state index contributed by atoms with van der Waals surface area (Å²) >= 11 is 6.06. The third-order valence-electron chi connectivity index (χ3n) is 6.33. The standard InChI is InChI=1S/C29H32ClF3N4O6/c1-28(2,3)43-27(39)34-16-20-7-6-14-36(20)24-23(25(38)40-4)37(17-18-10-12-19(30)13-11-18)26(35-24)41-21-8-5-9-22(15-21)42-29(31,32)33/h5,8-13,15,20H,6-7,14,16-17H2,1-4H3,(H,34,39). The van der Waals surface area contributed by atoms with Crippen LogP contribution in [0.5, 0.6) is 17.5 Å². The molecule has 14 heteroatoms. The lowest BCUT2D eigenvalue weighted by Crippen LogP contribution is -2.42. The number of nitrogens with one attached hydrogen (secondary N) is 1. The predicted molar refractivity (Wildman–Crippen MR) is 152 cm³/mol. The van der Waals surface area contributed by atoms with E-state index >= 15 is 0 Å². The topological polar surface area (TPSA) is 104 Å². The van der Waals surface area contributed by atoms with Crippen LogP contribution >= 0.6 is 11.6 Å². The minimum absolute atomic E-state index is 0.00311. The Morgan fingerprint density at radius 1 is 1.09 bits per heavy atom. The zero-order chi connectivity index (χ0) is 31.4. The van der Waals surface area contributed by atoms with Crippen molar-refractivity contribution in [1.29, 1.82) is 0 Å². The van der Waals surface area contributed by atoms with Crippen LogP contribution in [0.3, 0.4) is 0 Å². The molecule has 0 radical (unpaired) electrons. The molecule has 1 aromatic heterocycles. The van der Waals surface area contributed by atoms with Crippen molar-refractivity contribution in [3.05, 3.63) is 64.8 Å². The molecule has 10 nitrogen and oxygen atoms in total. The highest BCUT2D eigenvalue weighted by molar-refractivity contribution is 6.30. The van der Waals surface area contributed by atoms with Gasteiger partial charge in [-0.25, -0.2) is 9.59 Å². The van der Waals surface area contributed by atoms with Gasteiger partial charge in [0.2, 0.25) is 0 Å². The highest BCUT2D eigenvalue weighted by Crippen LogP contribution is 2.36. The first-order chi connectivity index (χ1) is 20.2. The molecule has 0 bridgehead atoms. The van der Waals surface area contributed by atoms with Gasteiger partial charge >= 0.3 is 24.4 Å². The fraction of sp³-hybridized carbons (Fsp3) is 0.414. The van der Waals surface area contributed by atoms with Crippen LogP contribution in [-0.2, 0) is 16.0 Å². The van der Waals surface area contributed by atoms with E-state index in [1.807, 2.05) is 4.90 Å². The molecule has 1 fully saturated rings. The third-order valence-corrected chi connectivity index (χ3v) is 6.58. The Labute approximate surface area is 251 Å². The van der Waals surface area contributed by atoms with Gasteiger partial charge in [0.1, 0.15) is 17.1 Å². The van der Waals surface area contributed by atoms with Crippen molar-refractivity contribution in [2.24, 2.45) is 0 Å². The molecule has 1 aliphatic rings. The minimum atomic E-state index is -4.89. The second-order valence-electron chi connectivity index (χ2n) is 10.8. The first-order valence-electron chi connectivity index (χ1n) is 13.4. The van der Waals surface area contributed by atoms with Gasteiger partial charge in [0.05, 0.1) is 13.7 Å². The molecule has 43 heavy (non-hydrogen) atoms. The van der Waals surface area contributed by atoms with Gasteiger partial charge in [-0.15, -0.1) is 13.2 Å². The zero-order valence-electron chi connectivity index (χ0n) is 24.0. The first-order valence-corrected chi connectivity index (χ1v) is 13.8. The number of alkyl halides is 3. The number of carbonyl (C=O) groups is 2. The average molecular weight is 625 g/mol. The van der Waals surface area contributed by atoms with Gasteiger partial charge in [0.25, 0.3) is 0 Å². The SMILES string of the molecule is COC(=O)c1c(N2CCCC2CNC(=O)OC(C)(C)C)nc(Oc2cccc(OC(F)(F)F)c2)n1Cc1ccc(Cl)cc1. The number of imidazole rings is 1. The average Bonchev–Trinajstić information content (AvgIpc) is 3.51. The number of benzene rings is 2. The number of nitrogens with zero attached hydrogens (tertiary/aromatic N) is 3. The summed E-state index contributed by atoms with van der Waals surface area (Å²) in [4.78, 5) is 32.1. The van der Waals surface area contributed by atoms with Crippen molar-refractivity contribution in [3.8, 4) is 17.5 Å². The first kappa shape index (κ1) is 31.8. The van der Waals surface area contributed by atoms with E-state index in [9.17, 15) is 22.8 Å². The molecule has 1 unspecified atom stereocenters. The van der Waals surface area contributed by atoms with E-state index in [-0.39, 0.29) is 42.4 Å². The molecule has 2 heterocycles. The predicted octanol–water partition coefficient (Wildman–Crippen LogP) is 6.56. The lowest BCUT2D eigenvalue weighted by Gasteiger charge is -2.26. The van der Waals surface area contributed by atoms with Crippen LogP contribution in [0.1, 0.15) is 49.7 Å². The summed E-state index contributed by atoms with van der Waals surface area (Å²) in [6.07, 6.45) is -4.04. The van der Waals surface area contributed by atoms with Crippen molar-refractivity contribution in [2.45, 2.75) is 58.2 Å². The Morgan fingerprint density at radius 2 is 1.79 bits per heavy atom. The summed E-state index contributed by atoms with van der Waals surface area (Å²) in [7, 11) is 1.23. The molecule has 1 saturated heterocycles. The largest absolute Gasteiger partial charge is 0.573 e. The Bertz CT molecular complexity index is 1440. The van der Waals surface area contributed by atoms with Crippen LogP contribution in [0.15, 0.2) is 48.5 Å². The number of rotatable bonds is 9. The van der Waals surface area contributed by atoms with Gasteiger partial charge in [0, 0.05) is 30.2 Å². The van der Waals surface area contributed by atoms with Crippen LogP contribution in [0, 0.1) is 0 Å². The van der Waals surface area contributed by atoms with Crippen LogP contribution in [0.4, 0.5) is 23.8 Å². The molecular weight excluding hydrogens is 593 g/mol.